The number of carbonyl (C=O) groups excluding carboxylic acids is 1. The second-order valence-electron chi connectivity index (χ2n) is 4.22. The average molecular weight is 310 g/mol. The highest BCUT2D eigenvalue weighted by Crippen LogP contribution is 2.10. The molecule has 0 radical (unpaired) electrons. The Morgan fingerprint density at radius 2 is 1.86 bits per heavy atom. The molecule has 0 aromatic heterocycles. The predicted octanol–water partition coefficient (Wildman–Crippen LogP) is 1.92. The molecule has 14 heavy (non-hydrogen) atoms. The van der Waals surface area contributed by atoms with E-state index < -0.39 is 0 Å². The van der Waals surface area contributed by atoms with E-state index in [1.807, 2.05) is 4.90 Å². The molecule has 82 valence electrons. The molecule has 0 aliphatic carbocycles. The van der Waals surface area contributed by atoms with Crippen LogP contribution < -0.4 is 0 Å². The summed E-state index contributed by atoms with van der Waals surface area (Å²) in [7, 11) is 0. The Balaban J connectivity index is 2.24. The number of hydrogen-bond donors (Lipinski definition) is 0. The predicted molar refractivity (Wildman–Crippen MR) is 66.2 cm³/mol. The molecule has 0 unspecified atom stereocenters. The van der Waals surface area contributed by atoms with E-state index in [0.717, 1.165) is 39.0 Å². The Morgan fingerprint density at radius 1 is 1.29 bits per heavy atom. The highest BCUT2D eigenvalue weighted by atomic mass is 127. The quantitative estimate of drug-likeness (QED) is 0.587. The van der Waals surface area contributed by atoms with Crippen LogP contribution >= 0.6 is 22.9 Å². The molecule has 1 heterocycles. The van der Waals surface area contributed by atoms with Gasteiger partial charge in [0.25, 0.3) is 0 Å². The summed E-state index contributed by atoms with van der Waals surface area (Å²) >= 11 is 2.32. The molecule has 0 aromatic carbocycles. The van der Waals surface area contributed by atoms with Gasteiger partial charge in [-0.3, -0.25) is 4.79 Å². The maximum absolute atomic E-state index is 11.7. The van der Waals surface area contributed by atoms with Crippen LogP contribution in [-0.2, 0) is 4.79 Å². The van der Waals surface area contributed by atoms with Gasteiger partial charge in [-0.25, -0.2) is 3.11 Å². The van der Waals surface area contributed by atoms with Crippen LogP contribution in [-0.4, -0.2) is 40.1 Å². The summed E-state index contributed by atoms with van der Waals surface area (Å²) in [6.45, 7) is 8.15. The van der Waals surface area contributed by atoms with Gasteiger partial charge in [0.05, 0.1) is 0 Å². The molecule has 0 bridgehead atoms. The van der Waals surface area contributed by atoms with Crippen molar-refractivity contribution in [2.45, 2.75) is 26.7 Å². The van der Waals surface area contributed by atoms with Gasteiger partial charge in [-0.2, -0.15) is 0 Å². The van der Waals surface area contributed by atoms with Crippen molar-refractivity contribution < 1.29 is 4.79 Å². The summed E-state index contributed by atoms with van der Waals surface area (Å²) in [6, 6.07) is 0. The molecule has 1 rings (SSSR count). The molecule has 1 aliphatic heterocycles. The standard InChI is InChI=1S/C10H19IN2O/c1-9(2)3-4-10(14)12-5-7-13(11)8-6-12/h9H,3-8H2,1-2H3. The van der Waals surface area contributed by atoms with Gasteiger partial charge in [0, 0.05) is 55.5 Å². The van der Waals surface area contributed by atoms with Gasteiger partial charge in [-0.1, -0.05) is 13.8 Å². The number of carbonyl (C=O) groups is 1. The van der Waals surface area contributed by atoms with Crippen molar-refractivity contribution in [1.82, 2.24) is 8.01 Å². The van der Waals surface area contributed by atoms with Crippen molar-refractivity contribution in [3.8, 4) is 0 Å². The molecule has 1 saturated heterocycles. The molecular weight excluding hydrogens is 291 g/mol. The molecule has 1 fully saturated rings. The second-order valence-corrected chi connectivity index (χ2v) is 5.59. The minimum Gasteiger partial charge on any atom is -0.340 e. The third-order valence-electron chi connectivity index (χ3n) is 2.51. The summed E-state index contributed by atoms with van der Waals surface area (Å²) in [5.74, 6) is 0.966. The van der Waals surface area contributed by atoms with Gasteiger partial charge in [0.15, 0.2) is 0 Å². The smallest absolute Gasteiger partial charge is 0.222 e. The zero-order valence-corrected chi connectivity index (χ0v) is 11.2. The minimum atomic E-state index is 0.336. The third kappa shape index (κ3) is 4.13. The van der Waals surface area contributed by atoms with Gasteiger partial charge in [-0.05, 0) is 12.3 Å². The lowest BCUT2D eigenvalue weighted by Gasteiger charge is -2.31. The molecule has 1 aliphatic rings. The summed E-state index contributed by atoms with van der Waals surface area (Å²) in [4.78, 5) is 13.7. The average Bonchev–Trinajstić information content (AvgIpc) is 2.15. The summed E-state index contributed by atoms with van der Waals surface area (Å²) in [5.41, 5.74) is 0. The van der Waals surface area contributed by atoms with Crippen LogP contribution in [0.3, 0.4) is 0 Å². The zero-order chi connectivity index (χ0) is 10.6. The Hall–Kier alpha value is 0.160. The first kappa shape index (κ1) is 12.2. The van der Waals surface area contributed by atoms with E-state index in [-0.39, 0.29) is 0 Å². The number of amides is 1. The number of hydrogen-bond acceptors (Lipinski definition) is 2. The lowest BCUT2D eigenvalue weighted by molar-refractivity contribution is -0.132. The maximum Gasteiger partial charge on any atom is 0.222 e. The Kier molecular flexibility index (Phi) is 5.15. The van der Waals surface area contributed by atoms with Crippen molar-refractivity contribution in [2.24, 2.45) is 5.92 Å². The number of rotatable bonds is 3. The Labute approximate surface area is 100 Å². The Bertz CT molecular complexity index is 189. The zero-order valence-electron chi connectivity index (χ0n) is 9.00. The fraction of sp³-hybridized carbons (Fsp3) is 0.900. The lowest BCUT2D eigenvalue weighted by Crippen LogP contribution is -2.45. The molecule has 0 atom stereocenters. The highest BCUT2D eigenvalue weighted by Gasteiger charge is 2.19. The minimum absolute atomic E-state index is 0.336. The van der Waals surface area contributed by atoms with E-state index in [1.54, 1.807) is 0 Å². The lowest BCUT2D eigenvalue weighted by atomic mass is 10.1. The highest BCUT2D eigenvalue weighted by molar-refractivity contribution is 14.1. The molecular formula is C10H19IN2O. The molecule has 3 nitrogen and oxygen atoms in total. The molecule has 1 amide bonds. The van der Waals surface area contributed by atoms with E-state index in [4.69, 9.17) is 0 Å². The summed E-state index contributed by atoms with van der Waals surface area (Å²) in [6.07, 6.45) is 1.74. The van der Waals surface area contributed by atoms with Gasteiger partial charge in [-0.15, -0.1) is 0 Å². The maximum atomic E-state index is 11.7. The van der Waals surface area contributed by atoms with Crippen molar-refractivity contribution >= 4 is 28.8 Å². The number of nitrogens with zero attached hydrogens (tertiary/aromatic N) is 2. The van der Waals surface area contributed by atoms with Crippen LogP contribution in [0, 0.1) is 5.92 Å². The van der Waals surface area contributed by atoms with Gasteiger partial charge in [0.1, 0.15) is 0 Å². The summed E-state index contributed by atoms with van der Waals surface area (Å²) in [5, 5.41) is 0. The van der Waals surface area contributed by atoms with E-state index in [2.05, 4.69) is 39.8 Å². The fourth-order valence-electron chi connectivity index (χ4n) is 1.50. The van der Waals surface area contributed by atoms with Crippen molar-refractivity contribution in [2.75, 3.05) is 26.2 Å². The van der Waals surface area contributed by atoms with Gasteiger partial charge < -0.3 is 4.90 Å². The van der Waals surface area contributed by atoms with Gasteiger partial charge >= 0.3 is 0 Å². The van der Waals surface area contributed by atoms with Crippen molar-refractivity contribution in [1.29, 1.82) is 0 Å². The SMILES string of the molecule is CC(C)CCC(=O)N1CCN(I)CC1. The molecule has 0 spiro atoms. The molecule has 4 heteroatoms. The van der Waals surface area contributed by atoms with Crippen molar-refractivity contribution in [3.63, 3.8) is 0 Å². The van der Waals surface area contributed by atoms with Crippen LogP contribution in [0.5, 0.6) is 0 Å². The van der Waals surface area contributed by atoms with Crippen LogP contribution in [0.1, 0.15) is 26.7 Å². The monoisotopic (exact) mass is 310 g/mol. The van der Waals surface area contributed by atoms with E-state index in [9.17, 15) is 4.79 Å². The van der Waals surface area contributed by atoms with E-state index in [0.29, 0.717) is 11.8 Å². The van der Waals surface area contributed by atoms with E-state index in [1.165, 1.54) is 0 Å². The molecule has 0 saturated carbocycles. The van der Waals surface area contributed by atoms with Crippen LogP contribution in [0.4, 0.5) is 0 Å². The second kappa shape index (κ2) is 5.90. The third-order valence-corrected chi connectivity index (χ3v) is 3.48. The molecule has 0 N–H and O–H groups in total. The first-order valence-electron chi connectivity index (χ1n) is 5.28. The van der Waals surface area contributed by atoms with Crippen LogP contribution in [0.15, 0.2) is 0 Å². The Morgan fingerprint density at radius 3 is 2.36 bits per heavy atom. The number of piperazine rings is 1. The normalized spacial score (nSPS) is 19.0. The van der Waals surface area contributed by atoms with Crippen LogP contribution in [0.2, 0.25) is 0 Å². The fourth-order valence-corrected chi connectivity index (χ4v) is 1.93. The van der Waals surface area contributed by atoms with Crippen LogP contribution in [0.25, 0.3) is 0 Å². The summed E-state index contributed by atoms with van der Waals surface area (Å²) < 4.78 is 2.24. The molecule has 0 aromatic rings. The van der Waals surface area contributed by atoms with E-state index >= 15 is 0 Å². The first-order chi connectivity index (χ1) is 6.59. The number of halogens is 1. The topological polar surface area (TPSA) is 23.6 Å². The largest absolute Gasteiger partial charge is 0.340 e. The van der Waals surface area contributed by atoms with Crippen molar-refractivity contribution in [3.05, 3.63) is 0 Å². The first-order valence-corrected chi connectivity index (χ1v) is 6.24. The van der Waals surface area contributed by atoms with Gasteiger partial charge in [0.2, 0.25) is 5.91 Å².